The fraction of sp³-hybridized carbons (Fsp3) is 0.444. The minimum atomic E-state index is -1.58. The van der Waals surface area contributed by atoms with Gasteiger partial charge < -0.3 is 20.8 Å². The van der Waals surface area contributed by atoms with Gasteiger partial charge in [0.1, 0.15) is 22.2 Å². The molecular weight excluding hydrogens is 750 g/mol. The summed E-state index contributed by atoms with van der Waals surface area (Å²) in [5.74, 6) is -2.12. The molecule has 4 aliphatic rings. The zero-order chi connectivity index (χ0) is 39.4. The molecule has 1 aromatic heterocycles. The fourth-order valence-corrected chi connectivity index (χ4v) is 11.1. The van der Waals surface area contributed by atoms with E-state index in [4.69, 9.17) is 23.2 Å². The Morgan fingerprint density at radius 1 is 0.911 bits per heavy atom. The molecule has 3 heterocycles. The average Bonchev–Trinajstić information content (AvgIpc) is 3.63. The van der Waals surface area contributed by atoms with Crippen molar-refractivity contribution in [1.29, 1.82) is 0 Å². The monoisotopic (exact) mass is 798 g/mol. The molecule has 3 aromatic carbocycles. The van der Waals surface area contributed by atoms with Crippen LogP contribution < -0.4 is 10.6 Å². The quantitative estimate of drug-likeness (QED) is 0.133. The van der Waals surface area contributed by atoms with E-state index in [-0.39, 0.29) is 51.4 Å². The van der Waals surface area contributed by atoms with E-state index in [9.17, 15) is 10.2 Å². The Kier molecular flexibility index (Phi) is 10.5. The number of nitrogens with one attached hydrogen (secondary N) is 2. The van der Waals surface area contributed by atoms with Crippen LogP contribution in [-0.4, -0.2) is 56.1 Å². The first-order valence-corrected chi connectivity index (χ1v) is 20.6. The first kappa shape index (κ1) is 39.0. The number of anilines is 1. The summed E-state index contributed by atoms with van der Waals surface area (Å²) in [5.41, 5.74) is -0.749. The normalized spacial score (nSPS) is 27.8. The summed E-state index contributed by atoms with van der Waals surface area (Å²) in [4.78, 5) is 38.0. The van der Waals surface area contributed by atoms with Gasteiger partial charge in [0.25, 0.3) is 0 Å². The molecule has 1 saturated heterocycles. The van der Waals surface area contributed by atoms with Gasteiger partial charge in [-0.3, -0.25) is 14.5 Å². The van der Waals surface area contributed by atoms with Gasteiger partial charge in [-0.05, 0) is 91.5 Å². The van der Waals surface area contributed by atoms with E-state index in [1.54, 1.807) is 24.3 Å². The second kappa shape index (κ2) is 15.1. The summed E-state index contributed by atoms with van der Waals surface area (Å²) in [6, 6.07) is 25.0. The lowest BCUT2D eigenvalue weighted by molar-refractivity contribution is -0.137. The number of aliphatic hydroxyl groups excluding tert-OH is 2. The van der Waals surface area contributed by atoms with Gasteiger partial charge in [-0.1, -0.05) is 116 Å². The van der Waals surface area contributed by atoms with E-state index < -0.39 is 46.8 Å². The maximum atomic E-state index is 17.1. The maximum absolute atomic E-state index is 17.1. The van der Waals surface area contributed by atoms with E-state index in [0.717, 1.165) is 18.4 Å². The van der Waals surface area contributed by atoms with Crippen molar-refractivity contribution in [2.45, 2.75) is 106 Å². The highest BCUT2D eigenvalue weighted by Crippen LogP contribution is 2.69. The Hall–Kier alpha value is -3.86. The van der Waals surface area contributed by atoms with E-state index in [2.05, 4.69) is 34.4 Å². The first-order valence-electron chi connectivity index (χ1n) is 19.8. The van der Waals surface area contributed by atoms with Crippen molar-refractivity contribution in [3.63, 3.8) is 0 Å². The van der Waals surface area contributed by atoms with Crippen LogP contribution >= 0.6 is 23.2 Å². The molecule has 8 rings (SSSR count). The number of nitrogens with zero attached hydrogens (tertiary/aromatic N) is 2. The van der Waals surface area contributed by atoms with Gasteiger partial charge in [-0.2, -0.15) is 0 Å². The maximum Gasteiger partial charge on any atom is 0.238 e. The molecule has 0 bridgehead atoms. The molecule has 2 amide bonds. The number of fused-ring (bicyclic) bond motifs is 3. The Morgan fingerprint density at radius 3 is 2.20 bits per heavy atom. The third kappa shape index (κ3) is 6.34. The number of carbonyl (C=O) groups is 2. The summed E-state index contributed by atoms with van der Waals surface area (Å²) in [7, 11) is 0. The third-order valence-corrected chi connectivity index (χ3v) is 14.0. The standard InChI is InChI=1S/C45H49Cl2FN4O4/c1-43(2)22-24-44(25-23-43)45(32-20-21-34(47)50-40(32)51-42(45)56)35(31-14-9-15-33(46)36(31)48)38(41(55)49-30-18-16-27(26-53)17-19-30)52(44)37(28-10-5-3-6-11-28)39(54)29-12-7-4-8-13-29/h3-15,20-21,27,30,35,37-39,53-54H,16-19,22-26H2,1-2H3,(H,49,55)(H,50,51,56)/t27-,30-,35-,37+,38+,39-,45?/m0/s1. The molecule has 1 unspecified atom stereocenters. The molecule has 2 saturated carbocycles. The predicted molar refractivity (Wildman–Crippen MR) is 216 cm³/mol. The minimum Gasteiger partial charge on any atom is -0.396 e. The van der Waals surface area contributed by atoms with Gasteiger partial charge in [0.2, 0.25) is 11.8 Å². The Balaban J connectivity index is 1.46. The molecule has 294 valence electrons. The number of hydrogen-bond acceptors (Lipinski definition) is 6. The zero-order valence-electron chi connectivity index (χ0n) is 31.7. The average molecular weight is 800 g/mol. The number of benzene rings is 3. The highest BCUT2D eigenvalue weighted by atomic mass is 35.5. The second-order valence-electron chi connectivity index (χ2n) is 17.1. The van der Waals surface area contributed by atoms with Crippen molar-refractivity contribution < 1.29 is 24.2 Å². The van der Waals surface area contributed by atoms with E-state index in [1.807, 2.05) is 60.7 Å². The molecule has 0 radical (unpaired) electrons. The Bertz CT molecular complexity index is 2090. The lowest BCUT2D eigenvalue weighted by atomic mass is 9.53. The van der Waals surface area contributed by atoms with Gasteiger partial charge in [-0.25, -0.2) is 9.37 Å². The molecule has 5 atom stereocenters. The van der Waals surface area contributed by atoms with Crippen LogP contribution in [0, 0.1) is 17.2 Å². The molecule has 4 N–H and O–H groups in total. The highest BCUT2D eigenvalue weighted by Gasteiger charge is 2.77. The van der Waals surface area contributed by atoms with Crippen LogP contribution in [0.25, 0.3) is 0 Å². The molecule has 2 aliphatic carbocycles. The molecule has 11 heteroatoms. The van der Waals surface area contributed by atoms with Crippen LogP contribution in [0.15, 0.2) is 91.0 Å². The SMILES string of the molecule is CC1(C)CCC2(CC1)N([C@H](c1ccccc1)[C@@H](O)c1ccccc1)[C@@H](C(=O)N[C@H]1CC[C@H](CO)CC1)[C@H](c1cccc(Cl)c1F)C21C(=O)Nc2nc(Cl)ccc21. The highest BCUT2D eigenvalue weighted by molar-refractivity contribution is 6.31. The van der Waals surface area contributed by atoms with Crippen molar-refractivity contribution in [1.82, 2.24) is 15.2 Å². The molecule has 3 fully saturated rings. The second-order valence-corrected chi connectivity index (χ2v) is 17.9. The van der Waals surface area contributed by atoms with Crippen molar-refractivity contribution >= 4 is 40.8 Å². The molecule has 8 nitrogen and oxygen atoms in total. The number of rotatable bonds is 8. The first-order chi connectivity index (χ1) is 26.9. The van der Waals surface area contributed by atoms with Crippen molar-refractivity contribution in [2.24, 2.45) is 11.3 Å². The van der Waals surface area contributed by atoms with Crippen LogP contribution in [0.3, 0.4) is 0 Å². The number of amides is 2. The summed E-state index contributed by atoms with van der Waals surface area (Å²) >= 11 is 13.1. The van der Waals surface area contributed by atoms with Gasteiger partial charge in [0.15, 0.2) is 0 Å². The van der Waals surface area contributed by atoms with Gasteiger partial charge in [0, 0.05) is 29.7 Å². The van der Waals surface area contributed by atoms with E-state index in [1.165, 1.54) is 6.07 Å². The fourth-order valence-electron chi connectivity index (χ4n) is 10.7. The van der Waals surface area contributed by atoms with Crippen molar-refractivity contribution in [2.75, 3.05) is 11.9 Å². The van der Waals surface area contributed by atoms with Gasteiger partial charge >= 0.3 is 0 Å². The van der Waals surface area contributed by atoms with Crippen LogP contribution in [0.4, 0.5) is 10.2 Å². The van der Waals surface area contributed by atoms with Crippen LogP contribution in [0.5, 0.6) is 0 Å². The Labute approximate surface area is 337 Å². The third-order valence-electron chi connectivity index (χ3n) is 13.5. The summed E-state index contributed by atoms with van der Waals surface area (Å²) in [6.07, 6.45) is 4.02. The number of carbonyl (C=O) groups excluding carboxylic acids is 2. The van der Waals surface area contributed by atoms with Crippen LogP contribution in [0.2, 0.25) is 10.2 Å². The topological polar surface area (TPSA) is 115 Å². The number of likely N-dealkylation sites (tertiary alicyclic amines) is 1. The van der Waals surface area contributed by atoms with Gasteiger partial charge in [0.05, 0.1) is 23.2 Å². The predicted octanol–water partition coefficient (Wildman–Crippen LogP) is 8.67. The number of pyridine rings is 1. The molecule has 2 aliphatic heterocycles. The molecule has 2 spiro atoms. The van der Waals surface area contributed by atoms with Crippen molar-refractivity contribution in [3.05, 3.63) is 129 Å². The molecule has 56 heavy (non-hydrogen) atoms. The minimum absolute atomic E-state index is 0.0945. The Morgan fingerprint density at radius 2 is 1.55 bits per heavy atom. The summed E-state index contributed by atoms with van der Waals surface area (Å²) in [6.45, 7) is 4.52. The lowest BCUT2D eigenvalue weighted by Crippen LogP contribution is -2.64. The molecular formula is C45H49Cl2FN4O4. The number of aromatic nitrogens is 1. The molecule has 4 aromatic rings. The summed E-state index contributed by atoms with van der Waals surface area (Å²) < 4.78 is 17.1. The van der Waals surface area contributed by atoms with Crippen molar-refractivity contribution in [3.8, 4) is 0 Å². The zero-order valence-corrected chi connectivity index (χ0v) is 33.2. The van der Waals surface area contributed by atoms with E-state index >= 15 is 14.0 Å². The van der Waals surface area contributed by atoms with Crippen LogP contribution in [-0.2, 0) is 15.0 Å². The smallest absolute Gasteiger partial charge is 0.238 e. The van der Waals surface area contributed by atoms with E-state index in [0.29, 0.717) is 49.7 Å². The number of hydrogen-bond donors (Lipinski definition) is 4. The number of aliphatic hydroxyl groups is 2. The largest absolute Gasteiger partial charge is 0.396 e. The number of halogens is 3. The summed E-state index contributed by atoms with van der Waals surface area (Å²) in [5, 5.41) is 29.3. The van der Waals surface area contributed by atoms with Gasteiger partial charge in [-0.15, -0.1) is 0 Å². The lowest BCUT2D eigenvalue weighted by Gasteiger charge is -2.56. The van der Waals surface area contributed by atoms with Crippen LogP contribution in [0.1, 0.15) is 106 Å².